The fraction of sp³-hybridized carbons (Fsp3) is 0.588. The molecule has 3 rings (SSSR count). The first-order valence-electron chi connectivity index (χ1n) is 8.54. The molecule has 0 bridgehead atoms. The van der Waals surface area contributed by atoms with Crippen LogP contribution in [0.4, 0.5) is 0 Å². The van der Waals surface area contributed by atoms with Crippen molar-refractivity contribution >= 4 is 23.6 Å². The molecule has 3 heterocycles. The lowest BCUT2D eigenvalue weighted by atomic mass is 10.0. The Morgan fingerprint density at radius 3 is 2.83 bits per heavy atom. The van der Waals surface area contributed by atoms with Crippen LogP contribution in [-0.2, 0) is 4.79 Å². The van der Waals surface area contributed by atoms with Crippen LogP contribution in [0.1, 0.15) is 30.1 Å². The number of likely N-dealkylation sites (tertiary alicyclic amines) is 1. The van der Waals surface area contributed by atoms with Crippen LogP contribution < -0.4 is 10.6 Å². The second-order valence-corrected chi connectivity index (χ2v) is 7.71. The maximum absolute atomic E-state index is 12.5. The average Bonchev–Trinajstić information content (AvgIpc) is 3.07. The number of nitrogens with zero attached hydrogens (tertiary/aromatic N) is 2. The van der Waals surface area contributed by atoms with E-state index in [9.17, 15) is 9.59 Å². The molecule has 0 aromatic carbocycles. The summed E-state index contributed by atoms with van der Waals surface area (Å²) in [5.41, 5.74) is 0.552. The summed E-state index contributed by atoms with van der Waals surface area (Å²) < 4.78 is 0. The molecule has 1 aromatic rings. The van der Waals surface area contributed by atoms with Crippen molar-refractivity contribution in [2.24, 2.45) is 5.92 Å². The van der Waals surface area contributed by atoms with Crippen LogP contribution in [0.15, 0.2) is 23.4 Å². The van der Waals surface area contributed by atoms with Gasteiger partial charge in [0.25, 0.3) is 5.91 Å². The van der Waals surface area contributed by atoms with Gasteiger partial charge in [-0.3, -0.25) is 9.59 Å². The highest BCUT2D eigenvalue weighted by Crippen LogP contribution is 2.27. The van der Waals surface area contributed by atoms with E-state index < -0.39 is 0 Å². The lowest BCUT2D eigenvalue weighted by molar-refractivity contribution is -0.129. The molecule has 1 unspecified atom stereocenters. The zero-order chi connectivity index (χ0) is 16.9. The molecule has 0 saturated carbocycles. The summed E-state index contributed by atoms with van der Waals surface area (Å²) in [5, 5.41) is 6.55. The summed E-state index contributed by atoms with van der Waals surface area (Å²) >= 11 is 1.37. The quantitative estimate of drug-likeness (QED) is 0.754. The van der Waals surface area contributed by atoms with E-state index in [4.69, 9.17) is 0 Å². The number of hydrogen-bond acceptors (Lipinski definition) is 5. The van der Waals surface area contributed by atoms with E-state index in [1.807, 2.05) is 11.8 Å². The Balaban J connectivity index is 1.62. The Labute approximate surface area is 146 Å². The van der Waals surface area contributed by atoms with Gasteiger partial charge in [0.15, 0.2) is 0 Å². The zero-order valence-corrected chi connectivity index (χ0v) is 14.8. The van der Waals surface area contributed by atoms with E-state index >= 15 is 0 Å². The summed E-state index contributed by atoms with van der Waals surface area (Å²) in [7, 11) is 0. The Morgan fingerprint density at radius 1 is 1.42 bits per heavy atom. The third kappa shape index (κ3) is 4.08. The van der Waals surface area contributed by atoms with Crippen molar-refractivity contribution in [3.8, 4) is 0 Å². The minimum atomic E-state index is -0.236. The van der Waals surface area contributed by atoms with Crippen LogP contribution in [0.2, 0.25) is 0 Å². The highest BCUT2D eigenvalue weighted by atomic mass is 32.2. The monoisotopic (exact) mass is 348 g/mol. The first-order chi connectivity index (χ1) is 11.6. The molecule has 1 aromatic heterocycles. The molecule has 2 aliphatic rings. The Hall–Kier alpha value is -1.60. The second-order valence-electron chi connectivity index (χ2n) is 6.38. The van der Waals surface area contributed by atoms with Gasteiger partial charge in [-0.1, -0.05) is 11.8 Å². The van der Waals surface area contributed by atoms with Crippen LogP contribution in [0.3, 0.4) is 0 Å². The smallest absolute Gasteiger partial charge is 0.254 e. The summed E-state index contributed by atoms with van der Waals surface area (Å²) in [6.45, 7) is 6.16. The molecule has 0 aliphatic carbocycles. The van der Waals surface area contributed by atoms with Gasteiger partial charge in [0.05, 0.1) is 10.8 Å². The number of amides is 2. The van der Waals surface area contributed by atoms with Gasteiger partial charge in [-0.25, -0.2) is 4.98 Å². The van der Waals surface area contributed by atoms with E-state index in [-0.39, 0.29) is 17.1 Å². The van der Waals surface area contributed by atoms with Crippen molar-refractivity contribution in [3.05, 3.63) is 23.9 Å². The van der Waals surface area contributed by atoms with E-state index in [1.54, 1.807) is 18.3 Å². The first-order valence-corrected chi connectivity index (χ1v) is 9.42. The summed E-state index contributed by atoms with van der Waals surface area (Å²) in [6, 6.07) is 3.54. The molecule has 2 fully saturated rings. The topological polar surface area (TPSA) is 74.3 Å². The minimum Gasteiger partial charge on any atom is -0.352 e. The van der Waals surface area contributed by atoms with E-state index in [0.29, 0.717) is 23.1 Å². The van der Waals surface area contributed by atoms with E-state index in [2.05, 4.69) is 15.6 Å². The number of hydrogen-bond donors (Lipinski definition) is 2. The van der Waals surface area contributed by atoms with Gasteiger partial charge in [0.2, 0.25) is 5.91 Å². The molecule has 130 valence electrons. The summed E-state index contributed by atoms with van der Waals surface area (Å²) in [5.74, 6) is 0.533. The van der Waals surface area contributed by atoms with Crippen molar-refractivity contribution in [3.63, 3.8) is 0 Å². The molecular weight excluding hydrogens is 324 g/mol. The molecular formula is C17H24N4O2S. The summed E-state index contributed by atoms with van der Waals surface area (Å²) in [4.78, 5) is 31.1. The van der Waals surface area contributed by atoms with Crippen LogP contribution in [0.5, 0.6) is 0 Å². The molecule has 2 N–H and O–H groups in total. The molecule has 2 saturated heterocycles. The molecule has 0 spiro atoms. The van der Waals surface area contributed by atoms with Gasteiger partial charge in [0, 0.05) is 44.8 Å². The number of nitrogens with one attached hydrogen (secondary N) is 2. The third-order valence-corrected chi connectivity index (χ3v) is 5.59. The number of aromatic nitrogens is 1. The largest absolute Gasteiger partial charge is 0.352 e. The molecule has 2 amide bonds. The highest BCUT2D eigenvalue weighted by Gasteiger charge is 2.26. The van der Waals surface area contributed by atoms with Gasteiger partial charge in [-0.15, -0.1) is 0 Å². The number of thioether (sulfide) groups is 1. The van der Waals surface area contributed by atoms with Crippen LogP contribution >= 0.6 is 11.8 Å². The van der Waals surface area contributed by atoms with Gasteiger partial charge < -0.3 is 15.5 Å². The Bertz CT molecular complexity index is 600. The standard InChI is InChI=1S/C17H24N4O2S/c1-12(17(23)21-7-2-3-8-21)24-16-14(5-4-6-19-16)15(22)20-11-13-9-18-10-13/h4-6,12-13,18H,2-3,7-11H2,1H3,(H,20,22). The lowest BCUT2D eigenvalue weighted by Crippen LogP contribution is -2.48. The number of rotatable bonds is 6. The molecule has 24 heavy (non-hydrogen) atoms. The second kappa shape index (κ2) is 7.98. The SMILES string of the molecule is CC(Sc1ncccc1C(=O)NCC1CNC1)C(=O)N1CCCC1. The van der Waals surface area contributed by atoms with Crippen LogP contribution in [-0.4, -0.2) is 59.7 Å². The van der Waals surface area contributed by atoms with Crippen molar-refractivity contribution in [1.29, 1.82) is 0 Å². The molecule has 7 heteroatoms. The van der Waals surface area contributed by atoms with Gasteiger partial charge in [0.1, 0.15) is 5.03 Å². The predicted octanol–water partition coefficient (Wildman–Crippen LogP) is 1.13. The first kappa shape index (κ1) is 17.2. The van der Waals surface area contributed by atoms with Gasteiger partial charge in [-0.2, -0.15) is 0 Å². The minimum absolute atomic E-state index is 0.113. The molecule has 2 aliphatic heterocycles. The third-order valence-electron chi connectivity index (χ3n) is 4.49. The maximum atomic E-state index is 12.5. The molecule has 6 nitrogen and oxygen atoms in total. The average molecular weight is 348 g/mol. The van der Waals surface area contributed by atoms with Crippen molar-refractivity contribution in [2.45, 2.75) is 30.0 Å². The predicted molar refractivity (Wildman–Crippen MR) is 94.1 cm³/mol. The Kier molecular flexibility index (Phi) is 5.73. The fourth-order valence-corrected chi connectivity index (χ4v) is 3.89. The molecule has 1 atom stereocenters. The van der Waals surface area contributed by atoms with Gasteiger partial charge >= 0.3 is 0 Å². The van der Waals surface area contributed by atoms with Crippen molar-refractivity contribution in [1.82, 2.24) is 20.5 Å². The lowest BCUT2D eigenvalue weighted by Gasteiger charge is -2.27. The number of carbonyl (C=O) groups excluding carboxylic acids is 2. The van der Waals surface area contributed by atoms with E-state index in [1.165, 1.54) is 11.8 Å². The number of carbonyl (C=O) groups is 2. The van der Waals surface area contributed by atoms with Crippen LogP contribution in [0.25, 0.3) is 0 Å². The van der Waals surface area contributed by atoms with Gasteiger partial charge in [-0.05, 0) is 31.9 Å². The highest BCUT2D eigenvalue weighted by molar-refractivity contribution is 8.00. The van der Waals surface area contributed by atoms with Crippen LogP contribution in [0, 0.1) is 5.92 Å². The normalized spacial score (nSPS) is 19.0. The van der Waals surface area contributed by atoms with Crippen molar-refractivity contribution < 1.29 is 9.59 Å². The van der Waals surface area contributed by atoms with E-state index in [0.717, 1.165) is 39.0 Å². The zero-order valence-electron chi connectivity index (χ0n) is 14.0. The maximum Gasteiger partial charge on any atom is 0.254 e. The van der Waals surface area contributed by atoms with Crippen molar-refractivity contribution in [2.75, 3.05) is 32.7 Å². The fourth-order valence-electron chi connectivity index (χ4n) is 2.90. The molecule has 0 radical (unpaired) electrons. The Morgan fingerprint density at radius 2 is 2.17 bits per heavy atom. The number of pyridine rings is 1. The summed E-state index contributed by atoms with van der Waals surface area (Å²) in [6.07, 6.45) is 3.83.